The number of ether oxygens (including phenoxy) is 2. The lowest BCUT2D eigenvalue weighted by atomic mass is 10.0. The molecule has 1 aliphatic heterocycles. The summed E-state index contributed by atoms with van der Waals surface area (Å²) < 4.78 is 9.64. The molecule has 2 atom stereocenters. The summed E-state index contributed by atoms with van der Waals surface area (Å²) >= 11 is 0. The molecule has 0 amide bonds. The van der Waals surface area contributed by atoms with Crippen molar-refractivity contribution in [2.24, 2.45) is 5.92 Å². The highest BCUT2D eigenvalue weighted by Crippen LogP contribution is 2.17. The molecule has 0 spiro atoms. The van der Waals surface area contributed by atoms with Gasteiger partial charge in [-0.25, -0.2) is 4.79 Å². The van der Waals surface area contributed by atoms with Gasteiger partial charge in [0.2, 0.25) is 0 Å². The second-order valence-electron chi connectivity index (χ2n) is 2.93. The fourth-order valence-electron chi connectivity index (χ4n) is 1.27. The Morgan fingerprint density at radius 3 is 3.00 bits per heavy atom. The van der Waals surface area contributed by atoms with Crippen molar-refractivity contribution in [1.29, 1.82) is 0 Å². The molecule has 0 aromatic rings. The number of allylic oxidation sites excluding steroid dienone is 1. The third-order valence-corrected chi connectivity index (χ3v) is 1.95. The van der Waals surface area contributed by atoms with Crippen LogP contribution >= 0.6 is 0 Å². The number of carbonyl (C=O) groups excluding carboxylic acids is 1. The van der Waals surface area contributed by atoms with Gasteiger partial charge in [-0.1, -0.05) is 19.1 Å². The summed E-state index contributed by atoms with van der Waals surface area (Å²) in [6, 6.07) is 0. The van der Waals surface area contributed by atoms with Gasteiger partial charge >= 0.3 is 6.16 Å². The quantitative estimate of drug-likeness (QED) is 0.470. The van der Waals surface area contributed by atoms with E-state index >= 15 is 0 Å². The first-order chi connectivity index (χ1) is 5.74. The molecule has 1 unspecified atom stereocenters. The van der Waals surface area contributed by atoms with Crippen LogP contribution in [0.3, 0.4) is 0 Å². The molecular formula is C9H14O3. The van der Waals surface area contributed by atoms with Crippen LogP contribution < -0.4 is 0 Å². The molecule has 0 aromatic heterocycles. The van der Waals surface area contributed by atoms with Crippen LogP contribution in [0.5, 0.6) is 0 Å². The normalized spacial score (nSPS) is 26.5. The van der Waals surface area contributed by atoms with Gasteiger partial charge in [0.15, 0.2) is 0 Å². The summed E-state index contributed by atoms with van der Waals surface area (Å²) in [5.41, 5.74) is 0. The van der Waals surface area contributed by atoms with Gasteiger partial charge in [-0.3, -0.25) is 0 Å². The van der Waals surface area contributed by atoms with Crippen molar-refractivity contribution in [3.05, 3.63) is 12.2 Å². The minimum absolute atomic E-state index is 0.0116. The molecule has 1 saturated heterocycles. The predicted octanol–water partition coefficient (Wildman–Crippen LogP) is 2.12. The Kier molecular flexibility index (Phi) is 3.14. The van der Waals surface area contributed by atoms with Gasteiger partial charge in [0.25, 0.3) is 0 Å². The molecule has 0 radical (unpaired) electrons. The van der Waals surface area contributed by atoms with Crippen molar-refractivity contribution < 1.29 is 14.3 Å². The number of rotatable bonds is 2. The third kappa shape index (κ3) is 2.26. The van der Waals surface area contributed by atoms with Crippen LogP contribution in [0, 0.1) is 5.92 Å². The van der Waals surface area contributed by atoms with E-state index in [0.29, 0.717) is 6.61 Å². The Balaban J connectivity index is 2.45. The van der Waals surface area contributed by atoms with Crippen molar-refractivity contribution >= 4 is 6.16 Å². The molecule has 1 aliphatic rings. The molecule has 1 heterocycles. The zero-order valence-corrected chi connectivity index (χ0v) is 7.45. The number of cyclic esters (lactones) is 2. The minimum atomic E-state index is -0.539. The molecule has 0 aliphatic carbocycles. The zero-order chi connectivity index (χ0) is 8.97. The van der Waals surface area contributed by atoms with Crippen LogP contribution in [0.1, 0.15) is 20.3 Å². The van der Waals surface area contributed by atoms with Gasteiger partial charge < -0.3 is 9.47 Å². The highest BCUT2D eigenvalue weighted by Gasteiger charge is 2.24. The first kappa shape index (κ1) is 9.10. The van der Waals surface area contributed by atoms with E-state index < -0.39 is 6.16 Å². The molecule has 0 N–H and O–H groups in total. The van der Waals surface area contributed by atoms with E-state index in [1.54, 1.807) is 0 Å². The predicted molar refractivity (Wildman–Crippen MR) is 44.8 cm³/mol. The third-order valence-electron chi connectivity index (χ3n) is 1.95. The van der Waals surface area contributed by atoms with Gasteiger partial charge in [0, 0.05) is 12.3 Å². The van der Waals surface area contributed by atoms with Crippen LogP contribution in [0.15, 0.2) is 12.2 Å². The van der Waals surface area contributed by atoms with Crippen LogP contribution in [-0.4, -0.2) is 18.9 Å². The topological polar surface area (TPSA) is 35.5 Å². The van der Waals surface area contributed by atoms with Crippen LogP contribution in [0.25, 0.3) is 0 Å². The van der Waals surface area contributed by atoms with E-state index in [2.05, 4.69) is 4.74 Å². The standard InChI is InChI=1S/C9H14O3/c1-3-4-7(2)8-5-6-11-9(10)12-8/h3-4,7-8H,5-6H2,1-2H3/b4-3+/t7-,8?/m1/s1. The molecule has 0 saturated carbocycles. The Bertz CT molecular complexity index is 186. The summed E-state index contributed by atoms with van der Waals surface area (Å²) in [5.74, 6) is 0.280. The van der Waals surface area contributed by atoms with Gasteiger partial charge in [-0.15, -0.1) is 0 Å². The molecule has 0 aromatic carbocycles. The maximum Gasteiger partial charge on any atom is 0.508 e. The van der Waals surface area contributed by atoms with Crippen molar-refractivity contribution in [3.63, 3.8) is 0 Å². The van der Waals surface area contributed by atoms with Crippen LogP contribution in [-0.2, 0) is 9.47 Å². The second-order valence-corrected chi connectivity index (χ2v) is 2.93. The van der Waals surface area contributed by atoms with E-state index in [1.165, 1.54) is 0 Å². The van der Waals surface area contributed by atoms with Gasteiger partial charge in [0.1, 0.15) is 6.10 Å². The van der Waals surface area contributed by atoms with Gasteiger partial charge in [0.05, 0.1) is 6.61 Å². The summed E-state index contributed by atoms with van der Waals surface area (Å²) in [6.07, 6.45) is 4.24. The average molecular weight is 170 g/mol. The highest BCUT2D eigenvalue weighted by atomic mass is 16.7. The number of hydrogen-bond donors (Lipinski definition) is 0. The van der Waals surface area contributed by atoms with E-state index in [4.69, 9.17) is 4.74 Å². The lowest BCUT2D eigenvalue weighted by molar-refractivity contribution is -0.0345. The lowest BCUT2D eigenvalue weighted by Gasteiger charge is -2.25. The van der Waals surface area contributed by atoms with Crippen LogP contribution in [0.2, 0.25) is 0 Å². The Morgan fingerprint density at radius 1 is 1.67 bits per heavy atom. The van der Waals surface area contributed by atoms with E-state index in [0.717, 1.165) is 6.42 Å². The molecule has 12 heavy (non-hydrogen) atoms. The van der Waals surface area contributed by atoms with Crippen molar-refractivity contribution in [1.82, 2.24) is 0 Å². The van der Waals surface area contributed by atoms with Gasteiger partial charge in [-0.2, -0.15) is 0 Å². The summed E-state index contributed by atoms with van der Waals surface area (Å²) in [5, 5.41) is 0. The molecule has 68 valence electrons. The van der Waals surface area contributed by atoms with Crippen molar-refractivity contribution in [3.8, 4) is 0 Å². The monoisotopic (exact) mass is 170 g/mol. The first-order valence-electron chi connectivity index (χ1n) is 4.20. The fourth-order valence-corrected chi connectivity index (χ4v) is 1.27. The first-order valence-corrected chi connectivity index (χ1v) is 4.20. The largest absolute Gasteiger partial charge is 0.508 e. The average Bonchev–Trinajstić information content (AvgIpc) is 2.05. The Hall–Kier alpha value is -0.990. The van der Waals surface area contributed by atoms with Gasteiger partial charge in [-0.05, 0) is 6.92 Å². The SMILES string of the molecule is C/C=C/[C@@H](C)C1CCOC(=O)O1. The Labute approximate surface area is 72.4 Å². The number of hydrogen-bond acceptors (Lipinski definition) is 3. The molecular weight excluding hydrogens is 156 g/mol. The minimum Gasteiger partial charge on any atom is -0.434 e. The highest BCUT2D eigenvalue weighted by molar-refractivity contribution is 5.60. The van der Waals surface area contributed by atoms with Crippen LogP contribution in [0.4, 0.5) is 4.79 Å². The molecule has 3 nitrogen and oxygen atoms in total. The zero-order valence-electron chi connectivity index (χ0n) is 7.45. The smallest absolute Gasteiger partial charge is 0.434 e. The maximum atomic E-state index is 10.7. The van der Waals surface area contributed by atoms with E-state index in [-0.39, 0.29) is 12.0 Å². The second kappa shape index (κ2) is 4.14. The number of carbonyl (C=O) groups is 1. The lowest BCUT2D eigenvalue weighted by Crippen LogP contribution is -2.31. The summed E-state index contributed by atoms with van der Waals surface area (Å²) in [7, 11) is 0. The fraction of sp³-hybridized carbons (Fsp3) is 0.667. The maximum absolute atomic E-state index is 10.7. The van der Waals surface area contributed by atoms with E-state index in [1.807, 2.05) is 26.0 Å². The van der Waals surface area contributed by atoms with E-state index in [9.17, 15) is 4.79 Å². The molecule has 0 bridgehead atoms. The summed E-state index contributed by atoms with van der Waals surface area (Å²) in [6.45, 7) is 4.46. The molecule has 3 heteroatoms. The molecule has 1 fully saturated rings. The van der Waals surface area contributed by atoms with Crippen molar-refractivity contribution in [2.45, 2.75) is 26.4 Å². The summed E-state index contributed by atoms with van der Waals surface area (Å²) in [4.78, 5) is 10.7. The molecule has 1 rings (SSSR count). The van der Waals surface area contributed by atoms with Crippen molar-refractivity contribution in [2.75, 3.05) is 6.61 Å². The Morgan fingerprint density at radius 2 is 2.42 bits per heavy atom.